The first-order valence-corrected chi connectivity index (χ1v) is 9.40. The highest BCUT2D eigenvalue weighted by atomic mass is 32.2. The van der Waals surface area contributed by atoms with E-state index in [1.54, 1.807) is 0 Å². The molecule has 5 nitrogen and oxygen atoms in total. The Bertz CT molecular complexity index is 625. The van der Waals surface area contributed by atoms with E-state index in [0.29, 0.717) is 11.7 Å². The zero-order chi connectivity index (χ0) is 16.7. The SMILES string of the molecule is Cc1ccc(Nc2nnc(SCC(=O)NCCC(C)C)s2)cc1. The van der Waals surface area contributed by atoms with Gasteiger partial charge in [-0.25, -0.2) is 0 Å². The fraction of sp³-hybridized carbons (Fsp3) is 0.438. The third kappa shape index (κ3) is 6.58. The predicted molar refractivity (Wildman–Crippen MR) is 97.6 cm³/mol. The number of aromatic nitrogens is 2. The number of amides is 1. The number of carbonyl (C=O) groups is 1. The van der Waals surface area contributed by atoms with E-state index in [1.807, 2.05) is 24.3 Å². The molecule has 0 spiro atoms. The molecule has 1 aromatic heterocycles. The summed E-state index contributed by atoms with van der Waals surface area (Å²) < 4.78 is 0.790. The Morgan fingerprint density at radius 1 is 1.26 bits per heavy atom. The number of anilines is 2. The molecule has 0 aliphatic heterocycles. The van der Waals surface area contributed by atoms with Crippen molar-refractivity contribution >= 4 is 39.8 Å². The van der Waals surface area contributed by atoms with Crippen LogP contribution < -0.4 is 10.6 Å². The van der Waals surface area contributed by atoms with Gasteiger partial charge >= 0.3 is 0 Å². The fourth-order valence-electron chi connectivity index (χ4n) is 1.76. The topological polar surface area (TPSA) is 66.9 Å². The van der Waals surface area contributed by atoms with Crippen LogP contribution in [0, 0.1) is 12.8 Å². The highest BCUT2D eigenvalue weighted by Crippen LogP contribution is 2.27. The Morgan fingerprint density at radius 2 is 2.00 bits per heavy atom. The zero-order valence-corrected chi connectivity index (χ0v) is 15.3. The molecule has 0 aliphatic carbocycles. The molecule has 2 N–H and O–H groups in total. The van der Waals surface area contributed by atoms with Crippen molar-refractivity contribution in [2.24, 2.45) is 5.92 Å². The summed E-state index contributed by atoms with van der Waals surface area (Å²) in [5.74, 6) is 1.01. The first kappa shape index (κ1) is 17.7. The zero-order valence-electron chi connectivity index (χ0n) is 13.6. The second kappa shape index (κ2) is 8.88. The molecule has 0 saturated carbocycles. The molecule has 2 aromatic rings. The summed E-state index contributed by atoms with van der Waals surface area (Å²) >= 11 is 2.87. The van der Waals surface area contributed by atoms with Gasteiger partial charge in [0.1, 0.15) is 0 Å². The van der Waals surface area contributed by atoms with E-state index < -0.39 is 0 Å². The van der Waals surface area contributed by atoms with Gasteiger partial charge in [0.2, 0.25) is 11.0 Å². The highest BCUT2D eigenvalue weighted by Gasteiger charge is 2.08. The fourth-order valence-corrected chi connectivity index (χ4v) is 3.36. The number of nitrogens with one attached hydrogen (secondary N) is 2. The number of nitrogens with zero attached hydrogens (tertiary/aromatic N) is 2. The van der Waals surface area contributed by atoms with Gasteiger partial charge in [0.25, 0.3) is 0 Å². The Kier molecular flexibility index (Phi) is 6.85. The Morgan fingerprint density at radius 3 is 2.70 bits per heavy atom. The van der Waals surface area contributed by atoms with E-state index in [9.17, 15) is 4.79 Å². The van der Waals surface area contributed by atoms with Crippen LogP contribution in [-0.4, -0.2) is 28.4 Å². The maximum Gasteiger partial charge on any atom is 0.230 e. The van der Waals surface area contributed by atoms with Gasteiger partial charge in [-0.05, 0) is 31.4 Å². The first-order valence-electron chi connectivity index (χ1n) is 7.59. The van der Waals surface area contributed by atoms with Gasteiger partial charge in [0, 0.05) is 12.2 Å². The van der Waals surface area contributed by atoms with Gasteiger partial charge in [0.05, 0.1) is 5.75 Å². The lowest BCUT2D eigenvalue weighted by Gasteiger charge is -2.05. The Balaban J connectivity index is 1.76. The van der Waals surface area contributed by atoms with Crippen LogP contribution in [0.25, 0.3) is 0 Å². The molecule has 1 aromatic carbocycles. The van der Waals surface area contributed by atoms with Crippen LogP contribution >= 0.6 is 23.1 Å². The maximum absolute atomic E-state index is 11.7. The Hall–Kier alpha value is -1.60. The summed E-state index contributed by atoms with van der Waals surface area (Å²) in [6.07, 6.45) is 1.000. The average molecular weight is 351 g/mol. The smallest absolute Gasteiger partial charge is 0.230 e. The van der Waals surface area contributed by atoms with Crippen molar-refractivity contribution in [2.45, 2.75) is 31.5 Å². The molecule has 0 atom stereocenters. The van der Waals surface area contributed by atoms with Crippen molar-refractivity contribution < 1.29 is 4.79 Å². The van der Waals surface area contributed by atoms with E-state index in [1.165, 1.54) is 28.7 Å². The molecule has 0 bridgehead atoms. The van der Waals surface area contributed by atoms with Crippen molar-refractivity contribution in [3.05, 3.63) is 29.8 Å². The largest absolute Gasteiger partial charge is 0.355 e. The first-order chi connectivity index (χ1) is 11.0. The lowest BCUT2D eigenvalue weighted by atomic mass is 10.1. The van der Waals surface area contributed by atoms with Crippen LogP contribution in [0.4, 0.5) is 10.8 Å². The number of thioether (sulfide) groups is 1. The summed E-state index contributed by atoms with van der Waals surface area (Å²) in [6.45, 7) is 7.07. The van der Waals surface area contributed by atoms with E-state index in [-0.39, 0.29) is 5.91 Å². The molecule has 0 unspecified atom stereocenters. The molecule has 0 saturated heterocycles. The average Bonchev–Trinajstić information content (AvgIpc) is 2.95. The monoisotopic (exact) mass is 350 g/mol. The third-order valence-corrected chi connectivity index (χ3v) is 5.05. The number of carbonyl (C=O) groups excluding carboxylic acids is 1. The minimum Gasteiger partial charge on any atom is -0.355 e. The summed E-state index contributed by atoms with van der Waals surface area (Å²) in [5.41, 5.74) is 2.20. The Labute approximate surface area is 145 Å². The van der Waals surface area contributed by atoms with Crippen molar-refractivity contribution in [1.29, 1.82) is 0 Å². The number of aryl methyl sites for hydroxylation is 1. The summed E-state index contributed by atoms with van der Waals surface area (Å²) in [7, 11) is 0. The second-order valence-corrected chi connectivity index (χ2v) is 7.89. The minimum absolute atomic E-state index is 0.0406. The second-order valence-electron chi connectivity index (χ2n) is 5.69. The van der Waals surface area contributed by atoms with Gasteiger partial charge in [-0.15, -0.1) is 10.2 Å². The standard InChI is InChI=1S/C16H22N4OS2/c1-11(2)8-9-17-14(21)10-22-16-20-19-15(23-16)18-13-6-4-12(3)5-7-13/h4-7,11H,8-10H2,1-3H3,(H,17,21)(H,18,19). The van der Waals surface area contributed by atoms with Gasteiger partial charge in [-0.2, -0.15) is 0 Å². The third-order valence-electron chi connectivity index (χ3n) is 3.08. The van der Waals surface area contributed by atoms with Crippen LogP contribution in [0.1, 0.15) is 25.8 Å². The molecule has 0 fully saturated rings. The molecule has 0 radical (unpaired) electrons. The van der Waals surface area contributed by atoms with E-state index >= 15 is 0 Å². The van der Waals surface area contributed by atoms with E-state index in [2.05, 4.69) is 41.6 Å². The normalized spacial score (nSPS) is 10.8. The van der Waals surface area contributed by atoms with E-state index in [4.69, 9.17) is 0 Å². The summed E-state index contributed by atoms with van der Waals surface area (Å²) in [5, 5.41) is 15.1. The number of hydrogen-bond donors (Lipinski definition) is 2. The summed E-state index contributed by atoms with van der Waals surface area (Å²) in [4.78, 5) is 11.7. The number of benzene rings is 1. The molecule has 2 rings (SSSR count). The van der Waals surface area contributed by atoms with E-state index in [0.717, 1.165) is 28.1 Å². The van der Waals surface area contributed by atoms with Crippen LogP contribution in [0.15, 0.2) is 28.6 Å². The predicted octanol–water partition coefficient (Wildman–Crippen LogP) is 3.84. The van der Waals surface area contributed by atoms with Crippen molar-refractivity contribution in [1.82, 2.24) is 15.5 Å². The van der Waals surface area contributed by atoms with Gasteiger partial charge in [-0.3, -0.25) is 4.79 Å². The molecule has 1 heterocycles. The maximum atomic E-state index is 11.7. The van der Waals surface area contributed by atoms with Crippen LogP contribution in [0.3, 0.4) is 0 Å². The quantitative estimate of drug-likeness (QED) is 0.708. The van der Waals surface area contributed by atoms with Crippen molar-refractivity contribution in [3.8, 4) is 0 Å². The van der Waals surface area contributed by atoms with Crippen molar-refractivity contribution in [2.75, 3.05) is 17.6 Å². The molecule has 7 heteroatoms. The molecule has 23 heavy (non-hydrogen) atoms. The lowest BCUT2D eigenvalue weighted by molar-refractivity contribution is -0.118. The molecular weight excluding hydrogens is 328 g/mol. The van der Waals surface area contributed by atoms with Gasteiger partial charge < -0.3 is 10.6 Å². The molecule has 0 aliphatic rings. The lowest BCUT2D eigenvalue weighted by Crippen LogP contribution is -2.26. The molecular formula is C16H22N4OS2. The van der Waals surface area contributed by atoms with Gasteiger partial charge in [-0.1, -0.05) is 54.6 Å². The number of hydrogen-bond acceptors (Lipinski definition) is 6. The van der Waals surface area contributed by atoms with Crippen LogP contribution in [-0.2, 0) is 4.79 Å². The molecule has 124 valence electrons. The number of rotatable bonds is 8. The molecule has 1 amide bonds. The summed E-state index contributed by atoms with van der Waals surface area (Å²) in [6, 6.07) is 8.10. The van der Waals surface area contributed by atoms with Gasteiger partial charge in [0.15, 0.2) is 4.34 Å². The van der Waals surface area contributed by atoms with Crippen LogP contribution in [0.2, 0.25) is 0 Å². The van der Waals surface area contributed by atoms with Crippen molar-refractivity contribution in [3.63, 3.8) is 0 Å². The highest BCUT2D eigenvalue weighted by molar-refractivity contribution is 8.01. The minimum atomic E-state index is 0.0406. The van der Waals surface area contributed by atoms with Crippen LogP contribution in [0.5, 0.6) is 0 Å².